The van der Waals surface area contributed by atoms with Crippen LogP contribution in [0.2, 0.25) is 0 Å². The van der Waals surface area contributed by atoms with Crippen molar-refractivity contribution in [2.24, 2.45) is 0 Å². The molecule has 11 nitrogen and oxygen atoms in total. The van der Waals surface area contributed by atoms with Gasteiger partial charge in [0, 0.05) is 84.9 Å². The van der Waals surface area contributed by atoms with Crippen LogP contribution in [0.4, 0.5) is 0 Å². The number of hydrogen-bond donors (Lipinski definition) is 6. The molecule has 2 aromatic carbocycles. The molecule has 0 bridgehead atoms. The molecule has 4 fully saturated rings. The average molecular weight is 831 g/mol. The van der Waals surface area contributed by atoms with Gasteiger partial charge in [-0.2, -0.15) is 0 Å². The lowest BCUT2D eigenvalue weighted by molar-refractivity contribution is -0.142. The first-order valence-corrected chi connectivity index (χ1v) is 23.3. The number of carbonyl (C=O) groups is 1. The fraction of sp³-hybridized carbons (Fsp3) is 0.471. The number of aromatic amines is 2. The summed E-state index contributed by atoms with van der Waals surface area (Å²) >= 11 is 0. The van der Waals surface area contributed by atoms with Crippen LogP contribution < -0.4 is 10.6 Å². The minimum Gasteiger partial charge on any atom is -0.388 e. The van der Waals surface area contributed by atoms with Crippen LogP contribution in [0.3, 0.4) is 0 Å². The molecule has 2 aliphatic carbocycles. The van der Waals surface area contributed by atoms with Crippen LogP contribution in [-0.2, 0) is 30.7 Å². The number of aryl methyl sites for hydroxylation is 2. The molecule has 0 spiro atoms. The van der Waals surface area contributed by atoms with Gasteiger partial charge in [-0.1, -0.05) is 0 Å². The van der Waals surface area contributed by atoms with E-state index in [1.54, 1.807) is 0 Å². The third-order valence-corrected chi connectivity index (χ3v) is 15.6. The van der Waals surface area contributed by atoms with Crippen LogP contribution in [-0.4, -0.2) is 95.2 Å². The Morgan fingerprint density at radius 2 is 1.11 bits per heavy atom. The van der Waals surface area contributed by atoms with Gasteiger partial charge in [0.1, 0.15) is 11.3 Å². The first kappa shape index (κ1) is 38.9. The second kappa shape index (κ2) is 14.7. The molecular weight excluding hydrogens is 773 g/mol. The van der Waals surface area contributed by atoms with Crippen LogP contribution in [0.25, 0.3) is 44.3 Å². The van der Waals surface area contributed by atoms with Crippen molar-refractivity contribution in [2.75, 3.05) is 26.2 Å². The Labute approximate surface area is 362 Å². The Hall–Kier alpha value is -4.75. The van der Waals surface area contributed by atoms with Gasteiger partial charge in [-0.25, -0.2) is 9.97 Å². The van der Waals surface area contributed by atoms with E-state index in [2.05, 4.69) is 80.6 Å². The first-order chi connectivity index (χ1) is 30.1. The van der Waals surface area contributed by atoms with E-state index in [4.69, 9.17) is 9.97 Å². The number of rotatable bonds is 10. The Morgan fingerprint density at radius 3 is 1.52 bits per heavy atom. The van der Waals surface area contributed by atoms with Gasteiger partial charge < -0.3 is 30.8 Å². The monoisotopic (exact) mass is 830 g/mol. The number of ketones is 1. The van der Waals surface area contributed by atoms with Gasteiger partial charge in [0.05, 0.1) is 23.3 Å². The second-order valence-electron chi connectivity index (χ2n) is 19.7. The van der Waals surface area contributed by atoms with Crippen molar-refractivity contribution < 1.29 is 15.0 Å². The maximum absolute atomic E-state index is 15.6. The Morgan fingerprint density at radius 1 is 0.661 bits per heavy atom. The number of fused-ring (bicyclic) bond motifs is 4. The summed E-state index contributed by atoms with van der Waals surface area (Å²) in [6, 6.07) is 13.1. The number of hydrogen-bond acceptors (Lipinski definition) is 9. The largest absolute Gasteiger partial charge is 0.388 e. The lowest BCUT2D eigenvalue weighted by Crippen LogP contribution is -2.62. The summed E-state index contributed by atoms with van der Waals surface area (Å²) in [5.41, 5.74) is 14.3. The summed E-state index contributed by atoms with van der Waals surface area (Å²) in [5, 5.41) is 34.2. The molecule has 6 aliphatic rings. The van der Waals surface area contributed by atoms with Crippen LogP contribution in [0.5, 0.6) is 0 Å². The van der Waals surface area contributed by atoms with Gasteiger partial charge in [-0.05, 0) is 183 Å². The number of nitrogens with one attached hydrogen (secondary N) is 4. The van der Waals surface area contributed by atoms with Crippen molar-refractivity contribution in [2.45, 2.75) is 127 Å². The maximum Gasteiger partial charge on any atom is 0.172 e. The highest BCUT2D eigenvalue weighted by molar-refractivity contribution is 5.93. The van der Waals surface area contributed by atoms with Gasteiger partial charge in [-0.3, -0.25) is 14.6 Å². The maximum atomic E-state index is 15.6. The zero-order valence-corrected chi connectivity index (χ0v) is 36.0. The summed E-state index contributed by atoms with van der Waals surface area (Å²) < 4.78 is 0. The molecule has 4 atom stereocenters. The molecule has 4 aromatic heterocycles. The van der Waals surface area contributed by atoms with Gasteiger partial charge in [0.15, 0.2) is 5.78 Å². The van der Waals surface area contributed by atoms with E-state index in [0.717, 1.165) is 95.9 Å². The first-order valence-electron chi connectivity index (χ1n) is 23.3. The van der Waals surface area contributed by atoms with Crippen molar-refractivity contribution in [3.63, 3.8) is 0 Å². The van der Waals surface area contributed by atoms with Crippen molar-refractivity contribution in [1.29, 1.82) is 0 Å². The van der Waals surface area contributed by atoms with E-state index < -0.39 is 23.3 Å². The standard InChI is InChI=1S/C51H58N8O3/c1-29-23-54-48-39(29)21-33(25-56-48)31-17-35-27-58(15-7-37(35)41(19-31)43-5-3-13-52-43)46(50(61)9-10-50)45(60)47(51(62)11-12-51)59-16-8-38-36(28-59)18-32(20-42(38)44-6-4-14-53-44)34-22-40-30(2)24-55-49(40)57-26-34/h17-26,43-44,46-47,52-53,61-62H,3-16,27-28H2,1-2H3,(H,54,56)(H,55,57). The smallest absolute Gasteiger partial charge is 0.172 e. The van der Waals surface area contributed by atoms with Crippen molar-refractivity contribution >= 4 is 27.9 Å². The molecule has 12 rings (SSSR count). The predicted molar refractivity (Wildman–Crippen MR) is 242 cm³/mol. The molecule has 320 valence electrons. The number of Topliss-reactive ketones (excluding diaryl/α,β-unsaturated/α-hetero) is 1. The average Bonchev–Trinajstić information content (AvgIpc) is 3.78. The van der Waals surface area contributed by atoms with E-state index >= 15 is 4.79 Å². The highest BCUT2D eigenvalue weighted by Crippen LogP contribution is 2.49. The summed E-state index contributed by atoms with van der Waals surface area (Å²) in [4.78, 5) is 36.3. The molecule has 0 radical (unpaired) electrons. The van der Waals surface area contributed by atoms with E-state index in [1.807, 2.05) is 24.8 Å². The molecule has 0 amide bonds. The summed E-state index contributed by atoms with van der Waals surface area (Å²) in [7, 11) is 0. The number of aliphatic hydroxyl groups is 2. The number of H-pyrrole nitrogens is 2. The summed E-state index contributed by atoms with van der Waals surface area (Å²) in [5.74, 6) is -0.0188. The molecular formula is C51H58N8O3. The lowest BCUT2D eigenvalue weighted by Gasteiger charge is -2.44. The Bertz CT molecular complexity index is 2570. The SMILES string of the molecule is Cc1c[nH]c2ncc(-c3cc4c(c(C5CCCN5)c3)CCN(C(C(=O)C(N3CCc5c(cc(-c6cnc7[nH]cc(C)c7c6)cc5C5CCCN5)C3)C3(O)CC3)C3(O)CC3)C4)cc12. The zero-order chi connectivity index (χ0) is 41.9. The van der Waals surface area contributed by atoms with Crippen LogP contribution >= 0.6 is 0 Å². The topological polar surface area (TPSA) is 145 Å². The molecule has 8 heterocycles. The highest BCUT2D eigenvalue weighted by Gasteiger charge is 2.61. The van der Waals surface area contributed by atoms with Gasteiger partial charge in [0.25, 0.3) is 0 Å². The van der Waals surface area contributed by atoms with E-state index in [9.17, 15) is 10.2 Å². The van der Waals surface area contributed by atoms with Crippen LogP contribution in [0.15, 0.2) is 61.2 Å². The predicted octanol–water partition coefficient (Wildman–Crippen LogP) is 7.01. The van der Waals surface area contributed by atoms with Crippen molar-refractivity contribution in [3.8, 4) is 22.3 Å². The third-order valence-electron chi connectivity index (χ3n) is 15.6. The van der Waals surface area contributed by atoms with Crippen LogP contribution in [0, 0.1) is 13.8 Å². The number of aromatic nitrogens is 4. The molecule has 62 heavy (non-hydrogen) atoms. The van der Waals surface area contributed by atoms with Gasteiger partial charge in [-0.15, -0.1) is 0 Å². The zero-order valence-electron chi connectivity index (χ0n) is 36.0. The molecule has 4 unspecified atom stereocenters. The number of nitrogens with zero attached hydrogens (tertiary/aromatic N) is 4. The molecule has 11 heteroatoms. The third kappa shape index (κ3) is 6.58. The normalized spacial score (nSPS) is 24.0. The fourth-order valence-electron chi connectivity index (χ4n) is 11.9. The number of carbonyl (C=O) groups excluding carboxylic acids is 1. The summed E-state index contributed by atoms with van der Waals surface area (Å²) in [6.45, 7) is 8.79. The number of benzene rings is 2. The van der Waals surface area contributed by atoms with E-state index in [-0.39, 0.29) is 5.78 Å². The van der Waals surface area contributed by atoms with Gasteiger partial charge >= 0.3 is 0 Å². The van der Waals surface area contributed by atoms with Crippen molar-refractivity contribution in [1.82, 2.24) is 40.4 Å². The Kier molecular flexibility index (Phi) is 9.19. The van der Waals surface area contributed by atoms with Crippen LogP contribution in [0.1, 0.15) is 108 Å². The molecule has 4 aliphatic heterocycles. The Balaban J connectivity index is 0.890. The lowest BCUT2D eigenvalue weighted by atomic mass is 9.83. The minimum absolute atomic E-state index is 0.0188. The van der Waals surface area contributed by atoms with E-state index in [0.29, 0.717) is 63.9 Å². The summed E-state index contributed by atoms with van der Waals surface area (Å²) in [6.07, 6.45) is 16.5. The molecule has 6 aromatic rings. The van der Waals surface area contributed by atoms with E-state index in [1.165, 1.54) is 44.5 Å². The minimum atomic E-state index is -1.10. The quantitative estimate of drug-likeness (QED) is 0.0859. The molecule has 2 saturated heterocycles. The fourth-order valence-corrected chi connectivity index (χ4v) is 11.9. The van der Waals surface area contributed by atoms with Crippen molar-refractivity contribution in [3.05, 3.63) is 106 Å². The van der Waals surface area contributed by atoms with Gasteiger partial charge in [0.2, 0.25) is 0 Å². The molecule has 6 N–H and O–H groups in total. The number of pyridine rings is 2. The second-order valence-corrected chi connectivity index (χ2v) is 19.7. The molecule has 2 saturated carbocycles. The highest BCUT2D eigenvalue weighted by atomic mass is 16.3.